The number of carboxylic acid groups (broad SMARTS) is 1. The van der Waals surface area contributed by atoms with E-state index in [0.29, 0.717) is 6.20 Å². The number of halogens is 4. The lowest BCUT2D eigenvalue weighted by Crippen LogP contribution is -2.07. The summed E-state index contributed by atoms with van der Waals surface area (Å²) in [6, 6.07) is 0.767. The summed E-state index contributed by atoms with van der Waals surface area (Å²) in [5.74, 6) is -1.30. The third-order valence-electron chi connectivity index (χ3n) is 2.23. The number of pyridine rings is 1. The molecule has 0 spiro atoms. The fraction of sp³-hybridized carbons (Fsp3) is 0.100. The molecule has 0 bridgehead atoms. The first kappa shape index (κ1) is 13.3. The third-order valence-corrected chi connectivity index (χ3v) is 2.52. The molecule has 0 aromatic carbocycles. The summed E-state index contributed by atoms with van der Waals surface area (Å²) < 4.78 is 38.7. The second-order valence-electron chi connectivity index (χ2n) is 3.50. The van der Waals surface area contributed by atoms with Gasteiger partial charge < -0.3 is 9.67 Å². The van der Waals surface area contributed by atoms with E-state index in [0.717, 1.165) is 23.2 Å². The van der Waals surface area contributed by atoms with Crippen LogP contribution in [0.4, 0.5) is 13.2 Å². The van der Waals surface area contributed by atoms with Gasteiger partial charge in [-0.05, 0) is 6.07 Å². The highest BCUT2D eigenvalue weighted by Gasteiger charge is 2.31. The predicted molar refractivity (Wildman–Crippen MR) is 58.3 cm³/mol. The van der Waals surface area contributed by atoms with Gasteiger partial charge in [-0.3, -0.25) is 0 Å². The van der Waals surface area contributed by atoms with Crippen LogP contribution in [-0.2, 0) is 6.18 Å². The first-order chi connectivity index (χ1) is 8.79. The first-order valence-electron chi connectivity index (χ1n) is 4.79. The van der Waals surface area contributed by atoms with E-state index in [4.69, 9.17) is 16.7 Å². The van der Waals surface area contributed by atoms with E-state index in [1.165, 1.54) is 0 Å². The Balaban J connectivity index is 2.51. The van der Waals surface area contributed by atoms with Crippen molar-refractivity contribution in [3.8, 4) is 5.69 Å². The highest BCUT2D eigenvalue weighted by Crippen LogP contribution is 2.31. The van der Waals surface area contributed by atoms with Crippen LogP contribution < -0.4 is 0 Å². The highest BCUT2D eigenvalue weighted by atomic mass is 35.5. The predicted octanol–water partition coefficient (Wildman–Crippen LogP) is 2.64. The second kappa shape index (κ2) is 4.54. The van der Waals surface area contributed by atoms with Crippen molar-refractivity contribution in [2.75, 3.05) is 0 Å². The number of aromatic carboxylic acids is 1. The number of carbonyl (C=O) groups is 1. The Bertz CT molecular complexity index is 639. The van der Waals surface area contributed by atoms with Crippen molar-refractivity contribution in [3.05, 3.63) is 41.2 Å². The molecule has 2 aromatic rings. The molecule has 2 heterocycles. The monoisotopic (exact) mass is 291 g/mol. The van der Waals surface area contributed by atoms with Crippen molar-refractivity contribution in [3.63, 3.8) is 0 Å². The van der Waals surface area contributed by atoms with Crippen LogP contribution in [0.2, 0.25) is 5.15 Å². The van der Waals surface area contributed by atoms with Gasteiger partial charge in [0, 0.05) is 12.4 Å². The lowest BCUT2D eigenvalue weighted by atomic mass is 10.2. The van der Waals surface area contributed by atoms with Crippen molar-refractivity contribution >= 4 is 17.6 Å². The Morgan fingerprint density at radius 1 is 1.37 bits per heavy atom. The summed E-state index contributed by atoms with van der Waals surface area (Å²) in [6.45, 7) is 0. The molecule has 0 aliphatic carbocycles. The zero-order chi connectivity index (χ0) is 14.2. The van der Waals surface area contributed by atoms with Crippen LogP contribution in [0.1, 0.15) is 16.1 Å². The van der Waals surface area contributed by atoms with Gasteiger partial charge in [-0.15, -0.1) is 0 Å². The zero-order valence-electron chi connectivity index (χ0n) is 9.02. The van der Waals surface area contributed by atoms with Gasteiger partial charge in [0.25, 0.3) is 0 Å². The van der Waals surface area contributed by atoms with Crippen molar-refractivity contribution in [2.45, 2.75) is 6.18 Å². The minimum Gasteiger partial charge on any atom is -0.476 e. The number of aromatic nitrogens is 3. The molecule has 2 rings (SSSR count). The maximum atomic E-state index is 12.5. The van der Waals surface area contributed by atoms with E-state index in [9.17, 15) is 18.0 Å². The molecule has 2 aromatic heterocycles. The van der Waals surface area contributed by atoms with E-state index < -0.39 is 17.7 Å². The summed E-state index contributed by atoms with van der Waals surface area (Å²) >= 11 is 5.70. The van der Waals surface area contributed by atoms with Crippen molar-refractivity contribution in [1.29, 1.82) is 0 Å². The maximum Gasteiger partial charge on any atom is 0.417 e. The number of imidazole rings is 1. The number of hydrogen-bond acceptors (Lipinski definition) is 3. The maximum absolute atomic E-state index is 12.5. The molecule has 0 unspecified atom stereocenters. The molecular formula is C10H5ClF3N3O2. The van der Waals surface area contributed by atoms with Gasteiger partial charge in [0.2, 0.25) is 0 Å². The average Bonchev–Trinajstić information content (AvgIpc) is 2.77. The lowest BCUT2D eigenvalue weighted by molar-refractivity contribution is -0.137. The van der Waals surface area contributed by atoms with Crippen molar-refractivity contribution in [1.82, 2.24) is 14.5 Å². The molecule has 1 N–H and O–H groups in total. The Morgan fingerprint density at radius 3 is 2.58 bits per heavy atom. The average molecular weight is 292 g/mol. The Morgan fingerprint density at radius 2 is 2.05 bits per heavy atom. The quantitative estimate of drug-likeness (QED) is 0.864. The Hall–Kier alpha value is -2.09. The van der Waals surface area contributed by atoms with Gasteiger partial charge in [-0.2, -0.15) is 13.2 Å². The van der Waals surface area contributed by atoms with Crippen LogP contribution in [0.15, 0.2) is 24.8 Å². The van der Waals surface area contributed by atoms with Gasteiger partial charge in [-0.25, -0.2) is 14.8 Å². The van der Waals surface area contributed by atoms with Crippen LogP contribution in [-0.4, -0.2) is 25.6 Å². The summed E-state index contributed by atoms with van der Waals surface area (Å²) in [6.07, 6.45) is -1.87. The smallest absolute Gasteiger partial charge is 0.417 e. The van der Waals surface area contributed by atoms with Gasteiger partial charge in [0.1, 0.15) is 6.33 Å². The fourth-order valence-corrected chi connectivity index (χ4v) is 1.54. The number of alkyl halides is 3. The summed E-state index contributed by atoms with van der Waals surface area (Å²) in [5.41, 5.74) is -1.40. The molecule has 9 heteroatoms. The fourth-order valence-electron chi connectivity index (χ4n) is 1.34. The van der Waals surface area contributed by atoms with E-state index in [2.05, 4.69) is 9.97 Å². The molecule has 100 valence electrons. The highest BCUT2D eigenvalue weighted by molar-refractivity contribution is 6.31. The molecule has 0 radical (unpaired) electrons. The molecule has 5 nitrogen and oxygen atoms in total. The van der Waals surface area contributed by atoms with Crippen molar-refractivity contribution < 1.29 is 23.1 Å². The molecule has 0 saturated heterocycles. The number of carboxylic acids is 1. The minimum atomic E-state index is -4.57. The van der Waals surface area contributed by atoms with Gasteiger partial charge in [0.15, 0.2) is 10.8 Å². The van der Waals surface area contributed by atoms with Gasteiger partial charge in [0.05, 0.1) is 11.3 Å². The largest absolute Gasteiger partial charge is 0.476 e. The van der Waals surface area contributed by atoms with Crippen molar-refractivity contribution in [2.24, 2.45) is 0 Å². The van der Waals surface area contributed by atoms with E-state index in [-0.39, 0.29) is 16.5 Å². The van der Waals surface area contributed by atoms with E-state index >= 15 is 0 Å². The molecule has 19 heavy (non-hydrogen) atoms. The van der Waals surface area contributed by atoms with Crippen LogP contribution in [0.5, 0.6) is 0 Å². The van der Waals surface area contributed by atoms with Crippen LogP contribution in [0.3, 0.4) is 0 Å². The topological polar surface area (TPSA) is 68.0 Å². The Kier molecular flexibility index (Phi) is 3.19. The zero-order valence-corrected chi connectivity index (χ0v) is 9.77. The molecule has 0 amide bonds. The molecular weight excluding hydrogens is 287 g/mol. The molecule has 0 aliphatic heterocycles. The lowest BCUT2D eigenvalue weighted by Gasteiger charge is -2.09. The van der Waals surface area contributed by atoms with Gasteiger partial charge >= 0.3 is 12.1 Å². The summed E-state index contributed by atoms with van der Waals surface area (Å²) in [4.78, 5) is 17.6. The number of rotatable bonds is 2. The van der Waals surface area contributed by atoms with Crippen LogP contribution in [0, 0.1) is 0 Å². The Labute approximate surface area is 109 Å². The standard InChI is InChI=1S/C10H5ClF3N3O2/c11-8-7(1-5(2-15-8)10(12,13)14)17-3-6(9(18)19)16-4-17/h1-4H,(H,18,19). The van der Waals surface area contributed by atoms with E-state index in [1.807, 2.05) is 0 Å². The van der Waals surface area contributed by atoms with E-state index in [1.54, 1.807) is 0 Å². The van der Waals surface area contributed by atoms with Crippen LogP contribution >= 0.6 is 11.6 Å². The first-order valence-corrected chi connectivity index (χ1v) is 5.17. The number of hydrogen-bond donors (Lipinski definition) is 1. The molecule has 0 saturated carbocycles. The third kappa shape index (κ3) is 2.68. The SMILES string of the molecule is O=C(O)c1cn(-c2cc(C(F)(F)F)cnc2Cl)cn1. The number of nitrogens with zero attached hydrogens (tertiary/aromatic N) is 3. The summed E-state index contributed by atoms with van der Waals surface area (Å²) in [5, 5.41) is 8.50. The summed E-state index contributed by atoms with van der Waals surface area (Å²) in [7, 11) is 0. The minimum absolute atomic E-state index is 0.100. The normalized spacial score (nSPS) is 11.6. The second-order valence-corrected chi connectivity index (χ2v) is 3.86. The molecule has 0 fully saturated rings. The molecule has 0 aliphatic rings. The van der Waals surface area contributed by atoms with Crippen LogP contribution in [0.25, 0.3) is 5.69 Å². The van der Waals surface area contributed by atoms with Gasteiger partial charge in [-0.1, -0.05) is 11.6 Å². The molecule has 0 atom stereocenters.